The number of nitrogens with zero attached hydrogens (tertiary/aromatic N) is 2. The molecule has 1 atom stereocenters. The molecule has 1 amide bonds. The van der Waals surface area contributed by atoms with E-state index in [0.29, 0.717) is 6.54 Å². The first-order valence-corrected chi connectivity index (χ1v) is 8.60. The number of carbonyl (C=O) groups excluding carboxylic acids is 3. The molecule has 0 saturated carbocycles. The Hall–Kier alpha value is -3.75. The monoisotopic (exact) mass is 400 g/mol. The topological polar surface area (TPSA) is 116 Å². The number of esters is 2. The first kappa shape index (κ1) is 21.5. The molecule has 0 N–H and O–H groups in total. The highest BCUT2D eigenvalue weighted by Gasteiger charge is 2.25. The van der Waals surface area contributed by atoms with E-state index in [4.69, 9.17) is 4.74 Å². The molecule has 0 spiro atoms. The number of hydrogen-bond donors (Lipinski definition) is 0. The Morgan fingerprint density at radius 2 is 1.66 bits per heavy atom. The van der Waals surface area contributed by atoms with Gasteiger partial charge in [0.1, 0.15) is 0 Å². The first-order chi connectivity index (χ1) is 13.7. The predicted octanol–water partition coefficient (Wildman–Crippen LogP) is 2.59. The lowest BCUT2D eigenvalue weighted by molar-refractivity contribution is -0.384. The van der Waals surface area contributed by atoms with Crippen molar-refractivity contribution in [2.24, 2.45) is 0 Å². The van der Waals surface area contributed by atoms with Gasteiger partial charge >= 0.3 is 11.9 Å². The fraction of sp³-hybridized carbons (Fsp3) is 0.250. The van der Waals surface area contributed by atoms with Gasteiger partial charge in [-0.3, -0.25) is 14.9 Å². The van der Waals surface area contributed by atoms with Crippen LogP contribution in [0.15, 0.2) is 48.5 Å². The van der Waals surface area contributed by atoms with E-state index >= 15 is 0 Å². The van der Waals surface area contributed by atoms with Crippen LogP contribution in [0.3, 0.4) is 0 Å². The molecular formula is C20H20N2O7. The third-order valence-electron chi connectivity index (χ3n) is 4.06. The molecule has 2 aromatic carbocycles. The van der Waals surface area contributed by atoms with Crippen molar-refractivity contribution in [2.75, 3.05) is 14.2 Å². The molecule has 9 nitrogen and oxygen atoms in total. The Kier molecular flexibility index (Phi) is 7.02. The van der Waals surface area contributed by atoms with Crippen molar-refractivity contribution in [1.29, 1.82) is 0 Å². The third kappa shape index (κ3) is 5.61. The average Bonchev–Trinajstić information content (AvgIpc) is 2.72. The highest BCUT2D eigenvalue weighted by atomic mass is 16.6. The third-order valence-corrected chi connectivity index (χ3v) is 4.06. The highest BCUT2D eigenvalue weighted by molar-refractivity contribution is 5.97. The zero-order valence-electron chi connectivity index (χ0n) is 16.2. The van der Waals surface area contributed by atoms with E-state index in [0.717, 1.165) is 30.9 Å². The SMILES string of the molecule is COC(=O)c1cc(C(=O)O[C@@H](C)C(=O)N(C)Cc2ccccc2)cc([N+](=O)[O-])c1. The molecule has 0 heterocycles. The van der Waals surface area contributed by atoms with Crippen molar-refractivity contribution < 1.29 is 28.8 Å². The average molecular weight is 400 g/mol. The molecule has 0 bridgehead atoms. The second kappa shape index (κ2) is 9.45. The van der Waals surface area contributed by atoms with Gasteiger partial charge in [-0.05, 0) is 18.6 Å². The fourth-order valence-electron chi connectivity index (χ4n) is 2.59. The van der Waals surface area contributed by atoms with Gasteiger partial charge in [0.15, 0.2) is 6.10 Å². The van der Waals surface area contributed by atoms with Gasteiger partial charge in [0.2, 0.25) is 0 Å². The number of rotatable bonds is 7. The molecule has 0 aliphatic carbocycles. The summed E-state index contributed by atoms with van der Waals surface area (Å²) in [5.41, 5.74) is 0.0297. The largest absolute Gasteiger partial charge is 0.465 e. The van der Waals surface area contributed by atoms with Gasteiger partial charge in [-0.15, -0.1) is 0 Å². The number of benzene rings is 2. The lowest BCUT2D eigenvalue weighted by Crippen LogP contribution is -2.37. The summed E-state index contributed by atoms with van der Waals surface area (Å²) >= 11 is 0. The summed E-state index contributed by atoms with van der Waals surface area (Å²) < 4.78 is 9.69. The molecule has 152 valence electrons. The first-order valence-electron chi connectivity index (χ1n) is 8.60. The number of methoxy groups -OCH3 is 1. The van der Waals surface area contributed by atoms with E-state index in [1.807, 2.05) is 30.3 Å². The molecule has 0 aromatic heterocycles. The van der Waals surface area contributed by atoms with Crippen molar-refractivity contribution in [3.8, 4) is 0 Å². The Morgan fingerprint density at radius 1 is 1.07 bits per heavy atom. The second-order valence-electron chi connectivity index (χ2n) is 6.24. The van der Waals surface area contributed by atoms with Crippen LogP contribution in [0.25, 0.3) is 0 Å². The van der Waals surface area contributed by atoms with Gasteiger partial charge < -0.3 is 14.4 Å². The molecule has 29 heavy (non-hydrogen) atoms. The molecule has 2 rings (SSSR count). The van der Waals surface area contributed by atoms with Crippen molar-refractivity contribution in [1.82, 2.24) is 4.90 Å². The van der Waals surface area contributed by atoms with Crippen LogP contribution in [0.2, 0.25) is 0 Å². The van der Waals surface area contributed by atoms with Crippen LogP contribution < -0.4 is 0 Å². The molecule has 0 unspecified atom stereocenters. The Balaban J connectivity index is 2.13. The smallest absolute Gasteiger partial charge is 0.339 e. The minimum absolute atomic E-state index is 0.172. The quantitative estimate of drug-likeness (QED) is 0.398. The van der Waals surface area contributed by atoms with Gasteiger partial charge in [0, 0.05) is 25.7 Å². The molecule has 0 aliphatic heterocycles. The summed E-state index contributed by atoms with van der Waals surface area (Å²) in [5, 5.41) is 11.1. The summed E-state index contributed by atoms with van der Waals surface area (Å²) in [5.74, 6) is -2.25. The summed E-state index contributed by atoms with van der Waals surface area (Å²) in [6, 6.07) is 12.3. The van der Waals surface area contributed by atoms with Gasteiger partial charge in [0.25, 0.3) is 11.6 Å². The van der Waals surface area contributed by atoms with Crippen LogP contribution in [0.5, 0.6) is 0 Å². The number of ether oxygens (including phenoxy) is 2. The summed E-state index contributed by atoms with van der Waals surface area (Å²) in [4.78, 5) is 48.3. The predicted molar refractivity (Wildman–Crippen MR) is 102 cm³/mol. The van der Waals surface area contributed by atoms with E-state index < -0.39 is 34.6 Å². The normalized spacial score (nSPS) is 11.3. The van der Waals surface area contributed by atoms with Crippen molar-refractivity contribution >= 4 is 23.5 Å². The lowest BCUT2D eigenvalue weighted by atomic mass is 10.1. The van der Waals surface area contributed by atoms with Gasteiger partial charge in [-0.2, -0.15) is 0 Å². The fourth-order valence-corrected chi connectivity index (χ4v) is 2.59. The summed E-state index contributed by atoms with van der Waals surface area (Å²) in [6.45, 7) is 1.73. The molecule has 0 fully saturated rings. The van der Waals surface area contributed by atoms with Gasteiger partial charge in [0.05, 0.1) is 23.2 Å². The highest BCUT2D eigenvalue weighted by Crippen LogP contribution is 2.19. The summed E-state index contributed by atoms with van der Waals surface area (Å²) in [6.07, 6.45) is -1.13. The van der Waals surface area contributed by atoms with Gasteiger partial charge in [-0.25, -0.2) is 9.59 Å². The summed E-state index contributed by atoms with van der Waals surface area (Å²) in [7, 11) is 2.69. The molecule has 2 aromatic rings. The molecule has 0 saturated heterocycles. The Morgan fingerprint density at radius 3 is 2.21 bits per heavy atom. The minimum atomic E-state index is -1.13. The van der Waals surface area contributed by atoms with E-state index in [-0.39, 0.29) is 11.1 Å². The Labute approximate surface area is 167 Å². The molecule has 9 heteroatoms. The molecule has 0 aliphatic rings. The van der Waals surface area contributed by atoms with Crippen LogP contribution in [0.4, 0.5) is 5.69 Å². The van der Waals surface area contributed by atoms with Crippen LogP contribution >= 0.6 is 0 Å². The number of non-ortho nitro benzene ring substituents is 1. The number of carbonyl (C=O) groups is 3. The minimum Gasteiger partial charge on any atom is -0.465 e. The zero-order chi connectivity index (χ0) is 21.6. The maximum Gasteiger partial charge on any atom is 0.339 e. The maximum absolute atomic E-state index is 12.5. The molecular weight excluding hydrogens is 380 g/mol. The van der Waals surface area contributed by atoms with E-state index in [1.54, 1.807) is 7.05 Å². The zero-order valence-corrected chi connectivity index (χ0v) is 16.2. The van der Waals surface area contributed by atoms with Crippen molar-refractivity contribution in [2.45, 2.75) is 19.6 Å². The van der Waals surface area contributed by atoms with Crippen molar-refractivity contribution in [3.63, 3.8) is 0 Å². The maximum atomic E-state index is 12.5. The van der Waals surface area contributed by atoms with Crippen LogP contribution in [-0.4, -0.2) is 47.9 Å². The van der Waals surface area contributed by atoms with Crippen LogP contribution in [0, 0.1) is 10.1 Å². The number of amides is 1. The van der Waals surface area contributed by atoms with Crippen LogP contribution in [-0.2, 0) is 20.8 Å². The van der Waals surface area contributed by atoms with Gasteiger partial charge in [-0.1, -0.05) is 30.3 Å². The lowest BCUT2D eigenvalue weighted by Gasteiger charge is -2.21. The molecule has 0 radical (unpaired) electrons. The van der Waals surface area contributed by atoms with E-state index in [2.05, 4.69) is 4.74 Å². The number of nitro benzene ring substituents is 1. The second-order valence-corrected chi connectivity index (χ2v) is 6.24. The Bertz CT molecular complexity index is 928. The number of hydrogen-bond acceptors (Lipinski definition) is 7. The van der Waals surface area contributed by atoms with E-state index in [9.17, 15) is 24.5 Å². The van der Waals surface area contributed by atoms with E-state index in [1.165, 1.54) is 11.8 Å². The van der Waals surface area contributed by atoms with Crippen molar-refractivity contribution in [3.05, 3.63) is 75.3 Å². The number of nitro groups is 1. The van der Waals surface area contributed by atoms with Crippen LogP contribution in [0.1, 0.15) is 33.2 Å². The number of likely N-dealkylation sites (N-methyl/N-ethyl adjacent to an activating group) is 1. The standard InChI is InChI=1S/C20H20N2O7/c1-13(18(23)21(2)12-14-7-5-4-6-8-14)29-20(25)16-9-15(19(24)28-3)10-17(11-16)22(26)27/h4-11,13H,12H2,1-3H3/t13-/m0/s1.